The Labute approximate surface area is 171 Å². The van der Waals surface area contributed by atoms with Crippen molar-refractivity contribution in [2.24, 2.45) is 0 Å². The standard InChI is InChI=1S/C21H20F2N2O5/c1-12-4-9-17(29-3)15(10-12)16(26)11-25-18(27)21(2,24-20(25)28)13-5-7-14(8-6-13)30-19(22)23/h4-10,19H,11H2,1-3H3,(H,24,28). The average molecular weight is 418 g/mol. The molecule has 2 aromatic carbocycles. The van der Waals surface area contributed by atoms with Crippen LogP contribution in [0.1, 0.15) is 28.4 Å². The first-order chi connectivity index (χ1) is 14.2. The number of benzene rings is 2. The Bertz CT molecular complexity index is 993. The Morgan fingerprint density at radius 1 is 1.17 bits per heavy atom. The van der Waals surface area contributed by atoms with Gasteiger partial charge in [0.05, 0.1) is 19.2 Å². The van der Waals surface area contributed by atoms with Gasteiger partial charge in [-0.3, -0.25) is 14.5 Å². The van der Waals surface area contributed by atoms with Crippen LogP contribution in [0, 0.1) is 6.92 Å². The highest BCUT2D eigenvalue weighted by Crippen LogP contribution is 2.31. The minimum atomic E-state index is -2.97. The summed E-state index contributed by atoms with van der Waals surface area (Å²) in [5, 5.41) is 2.57. The summed E-state index contributed by atoms with van der Waals surface area (Å²) in [5.74, 6) is -0.818. The number of ether oxygens (including phenoxy) is 2. The third kappa shape index (κ3) is 3.96. The molecule has 7 nitrogen and oxygen atoms in total. The lowest BCUT2D eigenvalue weighted by Gasteiger charge is -2.22. The highest BCUT2D eigenvalue weighted by atomic mass is 19.3. The number of amides is 3. The van der Waals surface area contributed by atoms with Gasteiger partial charge in [-0.05, 0) is 43.7 Å². The maximum Gasteiger partial charge on any atom is 0.387 e. The summed E-state index contributed by atoms with van der Waals surface area (Å²) < 4.78 is 34.1. The minimum absolute atomic E-state index is 0.0762. The van der Waals surface area contributed by atoms with Crippen molar-refractivity contribution in [3.05, 3.63) is 59.2 Å². The summed E-state index contributed by atoms with van der Waals surface area (Å²) in [6, 6.07) is 9.68. The molecule has 3 rings (SSSR count). The summed E-state index contributed by atoms with van der Waals surface area (Å²) in [6.45, 7) is -0.150. The number of nitrogens with zero attached hydrogens (tertiary/aromatic N) is 1. The molecule has 0 saturated carbocycles. The summed E-state index contributed by atoms with van der Waals surface area (Å²) in [6.07, 6.45) is 0. The van der Waals surface area contributed by atoms with Crippen molar-refractivity contribution in [3.63, 3.8) is 0 Å². The molecule has 30 heavy (non-hydrogen) atoms. The molecule has 9 heteroatoms. The van der Waals surface area contributed by atoms with Crippen LogP contribution in [0.3, 0.4) is 0 Å². The van der Waals surface area contributed by atoms with E-state index < -0.39 is 36.4 Å². The number of aryl methyl sites for hydroxylation is 1. The predicted molar refractivity (Wildman–Crippen MR) is 103 cm³/mol. The number of alkyl halides is 2. The lowest BCUT2D eigenvalue weighted by atomic mass is 9.92. The van der Waals surface area contributed by atoms with E-state index in [0.717, 1.165) is 10.5 Å². The molecule has 1 N–H and O–H groups in total. The van der Waals surface area contributed by atoms with Gasteiger partial charge in [0.15, 0.2) is 5.78 Å². The molecule has 2 aromatic rings. The topological polar surface area (TPSA) is 84.9 Å². The highest BCUT2D eigenvalue weighted by molar-refractivity contribution is 6.11. The lowest BCUT2D eigenvalue weighted by molar-refractivity contribution is -0.130. The van der Waals surface area contributed by atoms with Gasteiger partial charge in [0.2, 0.25) is 0 Å². The van der Waals surface area contributed by atoms with Crippen molar-refractivity contribution in [1.82, 2.24) is 10.2 Å². The first-order valence-electron chi connectivity index (χ1n) is 9.03. The molecular formula is C21H20F2N2O5. The zero-order valence-corrected chi connectivity index (χ0v) is 16.6. The molecule has 1 saturated heterocycles. The summed E-state index contributed by atoms with van der Waals surface area (Å²) in [7, 11) is 1.42. The zero-order valence-electron chi connectivity index (χ0n) is 16.6. The number of halogens is 2. The van der Waals surface area contributed by atoms with Crippen molar-refractivity contribution in [2.45, 2.75) is 26.0 Å². The van der Waals surface area contributed by atoms with Gasteiger partial charge in [-0.15, -0.1) is 0 Å². The van der Waals surface area contributed by atoms with Gasteiger partial charge >= 0.3 is 12.6 Å². The van der Waals surface area contributed by atoms with Crippen LogP contribution in [-0.4, -0.2) is 42.9 Å². The Kier molecular flexibility index (Phi) is 5.73. The van der Waals surface area contributed by atoms with E-state index in [2.05, 4.69) is 10.1 Å². The van der Waals surface area contributed by atoms with Crippen LogP contribution in [0.2, 0.25) is 0 Å². The third-order valence-electron chi connectivity index (χ3n) is 4.89. The Hall–Kier alpha value is -3.49. The first-order valence-corrected chi connectivity index (χ1v) is 9.03. The fourth-order valence-electron chi connectivity index (χ4n) is 3.27. The lowest BCUT2D eigenvalue weighted by Crippen LogP contribution is -2.41. The van der Waals surface area contributed by atoms with Crippen LogP contribution >= 0.6 is 0 Å². The van der Waals surface area contributed by atoms with E-state index in [-0.39, 0.29) is 11.3 Å². The fraction of sp³-hybridized carbons (Fsp3) is 0.286. The number of methoxy groups -OCH3 is 1. The van der Waals surface area contributed by atoms with Crippen LogP contribution in [0.4, 0.5) is 13.6 Å². The number of hydrogen-bond donors (Lipinski definition) is 1. The molecule has 0 radical (unpaired) electrons. The Balaban J connectivity index is 1.82. The molecule has 1 fully saturated rings. The van der Waals surface area contributed by atoms with E-state index in [1.165, 1.54) is 38.3 Å². The van der Waals surface area contributed by atoms with E-state index in [1.807, 2.05) is 6.92 Å². The molecule has 0 spiro atoms. The number of rotatable bonds is 7. The maximum atomic E-state index is 13.0. The van der Waals surface area contributed by atoms with E-state index in [1.54, 1.807) is 18.2 Å². The number of Topliss-reactive ketones (excluding diaryl/α,β-unsaturated/α-hetero) is 1. The van der Waals surface area contributed by atoms with Crippen LogP contribution in [0.5, 0.6) is 11.5 Å². The molecular weight excluding hydrogens is 398 g/mol. The Morgan fingerprint density at radius 3 is 2.43 bits per heavy atom. The normalized spacial score (nSPS) is 18.5. The maximum absolute atomic E-state index is 13.0. The van der Waals surface area contributed by atoms with E-state index in [9.17, 15) is 23.2 Å². The van der Waals surface area contributed by atoms with Crippen molar-refractivity contribution in [2.75, 3.05) is 13.7 Å². The summed E-state index contributed by atoms with van der Waals surface area (Å²) >= 11 is 0. The van der Waals surface area contributed by atoms with Gasteiger partial charge in [-0.2, -0.15) is 8.78 Å². The second-order valence-electron chi connectivity index (χ2n) is 6.98. The number of ketones is 1. The quantitative estimate of drug-likeness (QED) is 0.551. The number of hydrogen-bond acceptors (Lipinski definition) is 5. The average Bonchev–Trinajstić information content (AvgIpc) is 2.92. The van der Waals surface area contributed by atoms with Gasteiger partial charge in [-0.1, -0.05) is 23.8 Å². The first kappa shape index (κ1) is 21.2. The second kappa shape index (κ2) is 8.10. The molecule has 1 atom stereocenters. The van der Waals surface area contributed by atoms with Crippen LogP contribution < -0.4 is 14.8 Å². The number of urea groups is 1. The Morgan fingerprint density at radius 2 is 1.83 bits per heavy atom. The molecule has 1 aliphatic heterocycles. The highest BCUT2D eigenvalue weighted by Gasteiger charge is 2.49. The minimum Gasteiger partial charge on any atom is -0.496 e. The van der Waals surface area contributed by atoms with Gasteiger partial charge < -0.3 is 14.8 Å². The van der Waals surface area contributed by atoms with E-state index in [0.29, 0.717) is 11.3 Å². The van der Waals surface area contributed by atoms with Crippen LogP contribution in [-0.2, 0) is 10.3 Å². The van der Waals surface area contributed by atoms with Crippen molar-refractivity contribution < 1.29 is 32.6 Å². The number of nitrogens with one attached hydrogen (secondary N) is 1. The third-order valence-corrected chi connectivity index (χ3v) is 4.89. The number of carbonyl (C=O) groups excluding carboxylic acids is 3. The molecule has 0 aliphatic carbocycles. The fourth-order valence-corrected chi connectivity index (χ4v) is 3.27. The smallest absolute Gasteiger partial charge is 0.387 e. The second-order valence-corrected chi connectivity index (χ2v) is 6.98. The van der Waals surface area contributed by atoms with Crippen molar-refractivity contribution >= 4 is 17.7 Å². The van der Waals surface area contributed by atoms with Crippen molar-refractivity contribution in [1.29, 1.82) is 0 Å². The van der Waals surface area contributed by atoms with Crippen molar-refractivity contribution in [3.8, 4) is 11.5 Å². The van der Waals surface area contributed by atoms with E-state index >= 15 is 0 Å². The SMILES string of the molecule is COc1ccc(C)cc1C(=O)CN1C(=O)NC(C)(c2ccc(OC(F)F)cc2)C1=O. The predicted octanol–water partition coefficient (Wildman–Crippen LogP) is 3.25. The molecule has 0 aromatic heterocycles. The van der Waals surface area contributed by atoms with Crippen LogP contribution in [0.15, 0.2) is 42.5 Å². The largest absolute Gasteiger partial charge is 0.496 e. The summed E-state index contributed by atoms with van der Waals surface area (Å²) in [5.41, 5.74) is 0.00952. The van der Waals surface area contributed by atoms with Crippen LogP contribution in [0.25, 0.3) is 0 Å². The molecule has 0 bridgehead atoms. The summed E-state index contributed by atoms with van der Waals surface area (Å²) in [4.78, 5) is 39.1. The monoisotopic (exact) mass is 418 g/mol. The number of carbonyl (C=O) groups is 3. The van der Waals surface area contributed by atoms with Gasteiger partial charge in [0.1, 0.15) is 17.0 Å². The van der Waals surface area contributed by atoms with E-state index in [4.69, 9.17) is 4.74 Å². The molecule has 1 unspecified atom stereocenters. The molecule has 1 heterocycles. The zero-order chi connectivity index (χ0) is 22.1. The van der Waals surface area contributed by atoms with Gasteiger partial charge in [-0.25, -0.2) is 4.79 Å². The van der Waals surface area contributed by atoms with Gasteiger partial charge in [0, 0.05) is 0 Å². The van der Waals surface area contributed by atoms with Gasteiger partial charge in [0.25, 0.3) is 5.91 Å². The number of imide groups is 1. The molecule has 158 valence electrons. The molecule has 3 amide bonds. The molecule has 1 aliphatic rings.